The fraction of sp³-hybridized carbons (Fsp3) is 0.0769. The number of hydrogen-bond donors (Lipinski definition) is 2. The monoisotopic (exact) mass is 217 g/mol. The number of aliphatic hydroxyl groups is 1. The summed E-state index contributed by atoms with van der Waals surface area (Å²) in [6.45, 7) is -0.0210. The molecular formula is C13H12FNO. The van der Waals surface area contributed by atoms with Crippen molar-refractivity contribution in [2.45, 2.75) is 6.61 Å². The van der Waals surface area contributed by atoms with Gasteiger partial charge >= 0.3 is 0 Å². The molecular weight excluding hydrogens is 205 g/mol. The molecule has 3 heteroatoms. The summed E-state index contributed by atoms with van der Waals surface area (Å²) in [4.78, 5) is 0. The van der Waals surface area contributed by atoms with Crippen molar-refractivity contribution in [2.75, 3.05) is 5.32 Å². The van der Waals surface area contributed by atoms with Crippen LogP contribution in [0.4, 0.5) is 15.8 Å². The molecule has 2 N–H and O–H groups in total. The van der Waals surface area contributed by atoms with Crippen LogP contribution >= 0.6 is 0 Å². The van der Waals surface area contributed by atoms with Crippen molar-refractivity contribution in [1.29, 1.82) is 0 Å². The lowest BCUT2D eigenvalue weighted by atomic mass is 10.2. The average molecular weight is 217 g/mol. The Bertz CT molecular complexity index is 485. The van der Waals surface area contributed by atoms with Gasteiger partial charge in [-0.25, -0.2) is 4.39 Å². The normalized spacial score (nSPS) is 10.1. The van der Waals surface area contributed by atoms with Gasteiger partial charge in [0, 0.05) is 5.69 Å². The van der Waals surface area contributed by atoms with E-state index in [1.54, 1.807) is 24.3 Å². The predicted octanol–water partition coefficient (Wildman–Crippen LogP) is 3.06. The van der Waals surface area contributed by atoms with E-state index in [2.05, 4.69) is 5.32 Å². The Labute approximate surface area is 93.4 Å². The van der Waals surface area contributed by atoms with Crippen molar-refractivity contribution < 1.29 is 9.50 Å². The lowest BCUT2D eigenvalue weighted by molar-refractivity contribution is 0.282. The lowest BCUT2D eigenvalue weighted by Gasteiger charge is -2.08. The van der Waals surface area contributed by atoms with Gasteiger partial charge in [-0.05, 0) is 29.8 Å². The van der Waals surface area contributed by atoms with E-state index in [9.17, 15) is 4.39 Å². The maximum Gasteiger partial charge on any atom is 0.146 e. The van der Waals surface area contributed by atoms with Crippen molar-refractivity contribution >= 4 is 11.4 Å². The maximum absolute atomic E-state index is 13.3. The van der Waals surface area contributed by atoms with Crippen molar-refractivity contribution in [1.82, 2.24) is 0 Å². The highest BCUT2D eigenvalue weighted by Crippen LogP contribution is 2.20. The molecule has 0 radical (unpaired) electrons. The molecule has 0 aliphatic carbocycles. The molecule has 16 heavy (non-hydrogen) atoms. The van der Waals surface area contributed by atoms with Crippen molar-refractivity contribution in [3.05, 3.63) is 59.9 Å². The van der Waals surface area contributed by atoms with Crippen LogP contribution in [0.3, 0.4) is 0 Å². The van der Waals surface area contributed by atoms with Crippen LogP contribution in [0.15, 0.2) is 48.5 Å². The third kappa shape index (κ3) is 2.38. The number of rotatable bonds is 3. The summed E-state index contributed by atoms with van der Waals surface area (Å²) in [6, 6.07) is 13.7. The number of benzene rings is 2. The maximum atomic E-state index is 13.3. The molecule has 0 atom stereocenters. The molecule has 82 valence electrons. The van der Waals surface area contributed by atoms with Crippen LogP contribution in [0.2, 0.25) is 0 Å². The van der Waals surface area contributed by atoms with E-state index in [1.165, 1.54) is 6.07 Å². The molecule has 2 aromatic carbocycles. The first-order chi connectivity index (χ1) is 7.79. The Hall–Kier alpha value is -1.87. The fourth-order valence-electron chi connectivity index (χ4n) is 1.47. The number of hydrogen-bond acceptors (Lipinski definition) is 2. The van der Waals surface area contributed by atoms with E-state index in [-0.39, 0.29) is 12.4 Å². The molecule has 0 aromatic heterocycles. The first kappa shape index (κ1) is 10.6. The Morgan fingerprint density at radius 3 is 2.62 bits per heavy atom. The van der Waals surface area contributed by atoms with Crippen molar-refractivity contribution in [3.63, 3.8) is 0 Å². The van der Waals surface area contributed by atoms with E-state index in [4.69, 9.17) is 5.11 Å². The third-order valence-corrected chi connectivity index (χ3v) is 2.26. The number of halogens is 1. The van der Waals surface area contributed by atoms with Gasteiger partial charge in [0.05, 0.1) is 12.3 Å². The lowest BCUT2D eigenvalue weighted by Crippen LogP contribution is -1.94. The molecule has 2 rings (SSSR count). The van der Waals surface area contributed by atoms with Crippen LogP contribution in [-0.2, 0) is 6.61 Å². The Kier molecular flexibility index (Phi) is 3.17. The first-order valence-electron chi connectivity index (χ1n) is 5.01. The summed E-state index contributed by atoms with van der Waals surface area (Å²) in [7, 11) is 0. The Balaban J connectivity index is 2.24. The number of nitrogens with one attached hydrogen (secondary N) is 1. The predicted molar refractivity (Wildman–Crippen MR) is 62.0 cm³/mol. The molecule has 0 aliphatic rings. The van der Waals surface area contributed by atoms with Gasteiger partial charge in [0.1, 0.15) is 5.82 Å². The second-order valence-corrected chi connectivity index (χ2v) is 3.46. The minimum absolute atomic E-state index is 0.0210. The van der Waals surface area contributed by atoms with Crippen molar-refractivity contribution in [2.24, 2.45) is 0 Å². The van der Waals surface area contributed by atoms with Gasteiger partial charge in [-0.1, -0.05) is 24.3 Å². The highest BCUT2D eigenvalue weighted by Gasteiger charge is 2.00. The van der Waals surface area contributed by atoms with E-state index < -0.39 is 0 Å². The van der Waals surface area contributed by atoms with Crippen LogP contribution < -0.4 is 5.32 Å². The molecule has 0 unspecified atom stereocenters. The van der Waals surface area contributed by atoms with E-state index >= 15 is 0 Å². The highest BCUT2D eigenvalue weighted by atomic mass is 19.1. The summed E-state index contributed by atoms with van der Waals surface area (Å²) in [6.07, 6.45) is 0. The van der Waals surface area contributed by atoms with Gasteiger partial charge in [0.2, 0.25) is 0 Å². The average Bonchev–Trinajstić information content (AvgIpc) is 2.32. The Morgan fingerprint density at radius 2 is 1.88 bits per heavy atom. The fourth-order valence-corrected chi connectivity index (χ4v) is 1.47. The van der Waals surface area contributed by atoms with Crippen LogP contribution in [0, 0.1) is 5.82 Å². The zero-order chi connectivity index (χ0) is 11.4. The van der Waals surface area contributed by atoms with Gasteiger partial charge < -0.3 is 10.4 Å². The zero-order valence-corrected chi connectivity index (χ0v) is 8.65. The smallest absolute Gasteiger partial charge is 0.146 e. The minimum atomic E-state index is -0.295. The molecule has 0 spiro atoms. The highest BCUT2D eigenvalue weighted by molar-refractivity contribution is 5.60. The van der Waals surface area contributed by atoms with Gasteiger partial charge in [-0.2, -0.15) is 0 Å². The van der Waals surface area contributed by atoms with E-state index in [0.29, 0.717) is 5.69 Å². The van der Waals surface area contributed by atoms with Gasteiger partial charge in [-0.3, -0.25) is 0 Å². The molecule has 0 bridgehead atoms. The van der Waals surface area contributed by atoms with Gasteiger partial charge in [0.25, 0.3) is 0 Å². The number of para-hydroxylation sites is 1. The second-order valence-electron chi connectivity index (χ2n) is 3.46. The Morgan fingerprint density at radius 1 is 1.06 bits per heavy atom. The van der Waals surface area contributed by atoms with Gasteiger partial charge in [-0.15, -0.1) is 0 Å². The van der Waals surface area contributed by atoms with Crippen LogP contribution in [0.5, 0.6) is 0 Å². The minimum Gasteiger partial charge on any atom is -0.392 e. The number of anilines is 2. The largest absolute Gasteiger partial charge is 0.392 e. The van der Waals surface area contributed by atoms with E-state index in [0.717, 1.165) is 11.3 Å². The quantitative estimate of drug-likeness (QED) is 0.828. The molecule has 0 saturated heterocycles. The summed E-state index contributed by atoms with van der Waals surface area (Å²) >= 11 is 0. The summed E-state index contributed by atoms with van der Waals surface area (Å²) in [5, 5.41) is 11.9. The van der Waals surface area contributed by atoms with Crippen LogP contribution in [0.1, 0.15) is 5.56 Å². The summed E-state index contributed by atoms with van der Waals surface area (Å²) in [5.74, 6) is -0.295. The standard InChI is InChI=1S/C13H12FNO/c14-12-6-1-2-7-13(12)15-11-5-3-4-10(8-11)9-16/h1-8,15-16H,9H2. The topological polar surface area (TPSA) is 32.3 Å². The van der Waals surface area contributed by atoms with Crippen LogP contribution in [0.25, 0.3) is 0 Å². The number of aliphatic hydroxyl groups excluding tert-OH is 1. The second kappa shape index (κ2) is 4.77. The molecule has 0 saturated carbocycles. The zero-order valence-electron chi connectivity index (χ0n) is 8.65. The molecule has 0 fully saturated rings. The summed E-state index contributed by atoms with van der Waals surface area (Å²) < 4.78 is 13.3. The molecule has 0 aliphatic heterocycles. The SMILES string of the molecule is OCc1cccc(Nc2ccccc2F)c1. The van der Waals surface area contributed by atoms with E-state index in [1.807, 2.05) is 18.2 Å². The van der Waals surface area contributed by atoms with Crippen molar-refractivity contribution in [3.8, 4) is 0 Å². The first-order valence-corrected chi connectivity index (χ1v) is 5.01. The molecule has 0 amide bonds. The van der Waals surface area contributed by atoms with Gasteiger partial charge in [0.15, 0.2) is 0 Å². The van der Waals surface area contributed by atoms with Crippen LogP contribution in [-0.4, -0.2) is 5.11 Å². The molecule has 2 nitrogen and oxygen atoms in total. The molecule has 0 heterocycles. The third-order valence-electron chi connectivity index (χ3n) is 2.26. The molecule has 2 aromatic rings. The summed E-state index contributed by atoms with van der Waals surface area (Å²) in [5.41, 5.74) is 1.98.